The number of halogens is 3. The summed E-state index contributed by atoms with van der Waals surface area (Å²) in [6.07, 6.45) is -0.576. The van der Waals surface area contributed by atoms with Crippen LogP contribution in [0.4, 0.5) is 0 Å². The number of hydrogen-bond acceptors (Lipinski definition) is 5. The molecule has 0 aromatic heterocycles. The molecule has 2 unspecified atom stereocenters. The number of aliphatic hydroxyl groups is 1. The molecular weight excluding hydrogens is 403 g/mol. The van der Waals surface area contributed by atoms with Gasteiger partial charge < -0.3 is 24.8 Å². The Hall–Kier alpha value is -0.600. The monoisotopic (exact) mass is 424 g/mol. The van der Waals surface area contributed by atoms with Crippen molar-refractivity contribution in [1.82, 2.24) is 10.2 Å². The number of carbonyl (C=O) groups excluding carboxylic acids is 1. The molecule has 6 nitrogen and oxygen atoms in total. The molecule has 2 N–H and O–H groups in total. The van der Waals surface area contributed by atoms with Crippen LogP contribution in [0, 0.1) is 5.92 Å². The van der Waals surface area contributed by atoms with Gasteiger partial charge in [-0.3, -0.25) is 4.79 Å². The van der Waals surface area contributed by atoms with Crippen molar-refractivity contribution in [2.45, 2.75) is 12.2 Å². The summed E-state index contributed by atoms with van der Waals surface area (Å²) in [6, 6.07) is 5.49. The van der Waals surface area contributed by atoms with Crippen LogP contribution in [0.15, 0.2) is 18.2 Å². The molecule has 2 atom stereocenters. The molecule has 2 aliphatic heterocycles. The minimum absolute atomic E-state index is 0. The van der Waals surface area contributed by atoms with E-state index < -0.39 is 6.10 Å². The summed E-state index contributed by atoms with van der Waals surface area (Å²) < 4.78 is 11.6. The third kappa shape index (κ3) is 5.45. The Morgan fingerprint density at radius 2 is 2.12 bits per heavy atom. The van der Waals surface area contributed by atoms with Gasteiger partial charge in [-0.25, -0.2) is 0 Å². The first kappa shape index (κ1) is 21.7. The molecule has 1 amide bonds. The number of aliphatic hydroxyl groups excluding tert-OH is 1. The Balaban J connectivity index is 0.00000243. The summed E-state index contributed by atoms with van der Waals surface area (Å²) in [5.74, 6) is -0.0478. The minimum Gasteiger partial charge on any atom is -0.389 e. The third-order valence-electron chi connectivity index (χ3n) is 4.46. The van der Waals surface area contributed by atoms with Gasteiger partial charge in [-0.1, -0.05) is 29.3 Å². The van der Waals surface area contributed by atoms with Crippen molar-refractivity contribution in [3.8, 4) is 0 Å². The quantitative estimate of drug-likeness (QED) is 0.754. The molecule has 26 heavy (non-hydrogen) atoms. The first-order chi connectivity index (χ1) is 12.0. The smallest absolute Gasteiger partial charge is 0.248 e. The summed E-state index contributed by atoms with van der Waals surface area (Å²) in [6.45, 7) is 3.26. The number of nitrogens with one attached hydrogen (secondary N) is 1. The van der Waals surface area contributed by atoms with Gasteiger partial charge in [0.2, 0.25) is 5.91 Å². The molecule has 146 valence electrons. The summed E-state index contributed by atoms with van der Waals surface area (Å²) in [4.78, 5) is 13.5. The van der Waals surface area contributed by atoms with Gasteiger partial charge >= 0.3 is 0 Å². The average molecular weight is 426 g/mol. The van der Waals surface area contributed by atoms with E-state index in [9.17, 15) is 9.90 Å². The molecule has 3 rings (SSSR count). The Labute approximate surface area is 169 Å². The van der Waals surface area contributed by atoms with Crippen molar-refractivity contribution in [2.75, 3.05) is 46.0 Å². The molecule has 2 aliphatic rings. The maximum atomic E-state index is 11.9. The molecular formula is C17H23Cl3N2O4. The van der Waals surface area contributed by atoms with Crippen LogP contribution >= 0.6 is 35.6 Å². The summed E-state index contributed by atoms with van der Waals surface area (Å²) >= 11 is 12.1. The normalized spacial score (nSPS) is 23.7. The molecule has 0 aliphatic carbocycles. The Morgan fingerprint density at radius 3 is 2.81 bits per heavy atom. The highest BCUT2D eigenvalue weighted by atomic mass is 35.5. The zero-order valence-corrected chi connectivity index (χ0v) is 16.5. The molecule has 0 bridgehead atoms. The molecule has 0 radical (unpaired) electrons. The summed E-state index contributed by atoms with van der Waals surface area (Å²) in [7, 11) is 0. The van der Waals surface area contributed by atoms with E-state index >= 15 is 0 Å². The summed E-state index contributed by atoms with van der Waals surface area (Å²) in [5.41, 5.74) is 0.948. The van der Waals surface area contributed by atoms with Gasteiger partial charge in [0.05, 0.1) is 35.5 Å². The van der Waals surface area contributed by atoms with Gasteiger partial charge in [0, 0.05) is 32.1 Å². The Kier molecular flexibility index (Phi) is 8.41. The second kappa shape index (κ2) is 10.1. The van der Waals surface area contributed by atoms with E-state index in [1.165, 1.54) is 0 Å². The lowest BCUT2D eigenvalue weighted by Crippen LogP contribution is -2.54. The zero-order chi connectivity index (χ0) is 17.8. The topological polar surface area (TPSA) is 71.0 Å². The van der Waals surface area contributed by atoms with Gasteiger partial charge in [0.1, 0.15) is 6.61 Å². The molecule has 9 heteroatoms. The number of carbonyl (C=O) groups is 1. The van der Waals surface area contributed by atoms with Crippen LogP contribution in [-0.2, 0) is 14.3 Å². The molecule has 2 heterocycles. The average Bonchev–Trinajstić information content (AvgIpc) is 2.80. The second-order valence-corrected chi connectivity index (χ2v) is 7.21. The van der Waals surface area contributed by atoms with Gasteiger partial charge in [0.15, 0.2) is 0 Å². The Bertz CT molecular complexity index is 614. The predicted molar refractivity (Wildman–Crippen MR) is 102 cm³/mol. The molecule has 2 saturated heterocycles. The van der Waals surface area contributed by atoms with Gasteiger partial charge in [0.25, 0.3) is 0 Å². The summed E-state index contributed by atoms with van der Waals surface area (Å²) in [5, 5.41) is 13.6. The molecule has 0 spiro atoms. The largest absolute Gasteiger partial charge is 0.389 e. The molecule has 1 aromatic rings. The second-order valence-electron chi connectivity index (χ2n) is 6.40. The lowest BCUT2D eigenvalue weighted by molar-refractivity contribution is -0.147. The number of nitrogens with zero attached hydrogens (tertiary/aromatic N) is 1. The standard InChI is InChI=1S/C17H22Cl2N2O4.ClH/c18-14-2-1-11(5-15(14)19)17-12(6-20-3-4-25-17)9-24-10-16(23)21-7-13(22)8-21;/h1-2,5,12-13,17,20,22H,3-4,6-10H2;1H. The van der Waals surface area contributed by atoms with Crippen LogP contribution in [0.3, 0.4) is 0 Å². The fourth-order valence-corrected chi connectivity index (χ4v) is 3.35. The molecule has 0 saturated carbocycles. The van der Waals surface area contributed by atoms with Crippen molar-refractivity contribution < 1.29 is 19.4 Å². The van der Waals surface area contributed by atoms with E-state index in [1.54, 1.807) is 11.0 Å². The van der Waals surface area contributed by atoms with Crippen LogP contribution in [-0.4, -0.2) is 68.0 Å². The molecule has 1 aromatic carbocycles. The highest BCUT2D eigenvalue weighted by Gasteiger charge is 2.30. The van der Waals surface area contributed by atoms with E-state index in [1.807, 2.05) is 12.1 Å². The van der Waals surface area contributed by atoms with Crippen molar-refractivity contribution in [1.29, 1.82) is 0 Å². The zero-order valence-electron chi connectivity index (χ0n) is 14.2. The van der Waals surface area contributed by atoms with E-state index in [4.69, 9.17) is 32.7 Å². The Morgan fingerprint density at radius 1 is 1.35 bits per heavy atom. The van der Waals surface area contributed by atoms with Gasteiger partial charge in [-0.2, -0.15) is 0 Å². The van der Waals surface area contributed by atoms with Crippen LogP contribution in [0.25, 0.3) is 0 Å². The number of amides is 1. The number of ether oxygens (including phenoxy) is 2. The third-order valence-corrected chi connectivity index (χ3v) is 5.19. The van der Waals surface area contributed by atoms with Crippen LogP contribution < -0.4 is 5.32 Å². The number of benzene rings is 1. The first-order valence-electron chi connectivity index (χ1n) is 8.35. The van der Waals surface area contributed by atoms with Crippen molar-refractivity contribution in [3.63, 3.8) is 0 Å². The van der Waals surface area contributed by atoms with Crippen molar-refractivity contribution in [3.05, 3.63) is 33.8 Å². The van der Waals surface area contributed by atoms with E-state index in [2.05, 4.69) is 5.32 Å². The number of likely N-dealkylation sites (tertiary alicyclic amines) is 1. The van der Waals surface area contributed by atoms with Crippen LogP contribution in [0.1, 0.15) is 11.7 Å². The number of rotatable bonds is 5. The lowest BCUT2D eigenvalue weighted by atomic mass is 9.96. The first-order valence-corrected chi connectivity index (χ1v) is 9.11. The fourth-order valence-electron chi connectivity index (χ4n) is 3.04. The highest BCUT2D eigenvalue weighted by Crippen LogP contribution is 2.32. The number of β-amino-alcohol motifs (C(OH)–C–C–N with tert-alkyl or cyclic N) is 1. The van der Waals surface area contributed by atoms with Crippen LogP contribution in [0.5, 0.6) is 0 Å². The van der Waals surface area contributed by atoms with Crippen LogP contribution in [0.2, 0.25) is 10.0 Å². The minimum atomic E-state index is -0.401. The highest BCUT2D eigenvalue weighted by molar-refractivity contribution is 6.42. The molecule has 2 fully saturated rings. The predicted octanol–water partition coefficient (Wildman–Crippen LogP) is 1.91. The lowest BCUT2D eigenvalue weighted by Gasteiger charge is -2.35. The van der Waals surface area contributed by atoms with Crippen molar-refractivity contribution in [2.24, 2.45) is 5.92 Å². The maximum Gasteiger partial charge on any atom is 0.248 e. The fraction of sp³-hybridized carbons (Fsp3) is 0.588. The van der Waals surface area contributed by atoms with Crippen molar-refractivity contribution >= 4 is 41.5 Å². The van der Waals surface area contributed by atoms with E-state index in [-0.39, 0.29) is 36.9 Å². The van der Waals surface area contributed by atoms with Gasteiger partial charge in [-0.15, -0.1) is 12.4 Å². The van der Waals surface area contributed by atoms with E-state index in [0.29, 0.717) is 36.3 Å². The van der Waals surface area contributed by atoms with Gasteiger partial charge in [-0.05, 0) is 17.7 Å². The maximum absolute atomic E-state index is 11.9. The SMILES string of the molecule is Cl.O=C(COCC1CNCCOC1c1ccc(Cl)c(Cl)c1)N1CC(O)C1. The number of hydrogen-bond donors (Lipinski definition) is 2. The van der Waals surface area contributed by atoms with E-state index in [0.717, 1.165) is 18.7 Å².